The third kappa shape index (κ3) is 5.44. The summed E-state index contributed by atoms with van der Waals surface area (Å²) >= 11 is 0. The first-order chi connectivity index (χ1) is 31.7. The minimum Gasteiger partial charge on any atom is -0.292 e. The zero-order valence-electron chi connectivity index (χ0n) is 34.6. The average molecular weight is 816 g/mol. The fourth-order valence-corrected chi connectivity index (χ4v) is 10.4. The molecule has 64 heavy (non-hydrogen) atoms. The predicted molar refractivity (Wildman–Crippen MR) is 258 cm³/mol. The quantitative estimate of drug-likeness (QED) is 0.168. The van der Waals surface area contributed by atoms with Crippen LogP contribution in [0.3, 0.4) is 0 Å². The Balaban J connectivity index is 1.01. The largest absolute Gasteiger partial charge is 0.292 e. The molecule has 0 N–H and O–H groups in total. The van der Waals surface area contributed by atoms with Gasteiger partial charge in [0.05, 0.1) is 39.2 Å². The lowest BCUT2D eigenvalue weighted by Gasteiger charge is -2.31. The first-order valence-corrected chi connectivity index (χ1v) is 21.7. The maximum absolute atomic E-state index is 5.22. The fourth-order valence-electron chi connectivity index (χ4n) is 10.4. The van der Waals surface area contributed by atoms with Crippen LogP contribution in [-0.4, -0.2) is 24.5 Å². The van der Waals surface area contributed by atoms with E-state index in [4.69, 9.17) is 19.9 Å². The van der Waals surface area contributed by atoms with Crippen LogP contribution < -0.4 is 0 Å². The van der Waals surface area contributed by atoms with Crippen molar-refractivity contribution >= 4 is 11.0 Å². The number of para-hydroxylation sites is 3. The molecule has 0 aliphatic heterocycles. The number of pyridine rings is 3. The van der Waals surface area contributed by atoms with Gasteiger partial charge in [0.2, 0.25) is 0 Å². The normalized spacial score (nSPS) is 14.3. The Bertz CT molecular complexity index is 3540. The van der Waals surface area contributed by atoms with E-state index in [2.05, 4.69) is 180 Å². The molecule has 0 radical (unpaired) electrons. The van der Waals surface area contributed by atoms with E-state index in [1.165, 1.54) is 44.5 Å². The molecule has 4 heterocycles. The van der Waals surface area contributed by atoms with Crippen LogP contribution in [0, 0.1) is 0 Å². The monoisotopic (exact) mass is 815 g/mol. The van der Waals surface area contributed by atoms with E-state index in [0.717, 1.165) is 73.1 Å². The molecule has 13 rings (SSSR count). The van der Waals surface area contributed by atoms with Crippen molar-refractivity contribution in [2.24, 2.45) is 0 Å². The highest BCUT2D eigenvalue weighted by Gasteiger charge is 2.51. The van der Waals surface area contributed by atoms with Crippen LogP contribution in [0.4, 0.5) is 0 Å². The second-order valence-corrected chi connectivity index (χ2v) is 16.6. The van der Waals surface area contributed by atoms with Gasteiger partial charge in [-0.1, -0.05) is 133 Å². The van der Waals surface area contributed by atoms with Crippen LogP contribution >= 0.6 is 0 Å². The number of hydrogen-bond acceptors (Lipinski definition) is 4. The van der Waals surface area contributed by atoms with Crippen LogP contribution in [-0.2, 0) is 5.41 Å². The minimum atomic E-state index is -0.552. The van der Waals surface area contributed by atoms with Crippen LogP contribution in [0.15, 0.2) is 225 Å². The second-order valence-electron chi connectivity index (χ2n) is 16.6. The number of nitrogens with zero attached hydrogens (tertiary/aromatic N) is 5. The zero-order chi connectivity index (χ0) is 42.2. The van der Waals surface area contributed by atoms with Crippen LogP contribution in [0.2, 0.25) is 0 Å². The van der Waals surface area contributed by atoms with Crippen molar-refractivity contribution in [2.45, 2.75) is 5.41 Å². The Labute approximate surface area is 370 Å². The molecule has 2 aliphatic carbocycles. The molecule has 4 aromatic heterocycles. The van der Waals surface area contributed by atoms with Crippen molar-refractivity contribution in [3.05, 3.63) is 247 Å². The summed E-state index contributed by atoms with van der Waals surface area (Å²) < 4.78 is 2.27. The van der Waals surface area contributed by atoms with Crippen molar-refractivity contribution < 1.29 is 0 Å². The number of hydrogen-bond donors (Lipinski definition) is 0. The third-order valence-electron chi connectivity index (χ3n) is 13.1. The van der Waals surface area contributed by atoms with Crippen LogP contribution in [0.1, 0.15) is 22.3 Å². The Morgan fingerprint density at radius 1 is 0.328 bits per heavy atom. The highest BCUT2D eigenvalue weighted by Crippen LogP contribution is 2.63. The summed E-state index contributed by atoms with van der Waals surface area (Å²) in [7, 11) is 0. The number of rotatable bonds is 6. The number of aromatic nitrogens is 5. The molecule has 7 aromatic carbocycles. The molecule has 5 heteroatoms. The average Bonchev–Trinajstić information content (AvgIpc) is 4.01. The van der Waals surface area contributed by atoms with E-state index in [1.807, 2.05) is 48.8 Å². The molecule has 0 saturated heterocycles. The highest BCUT2D eigenvalue weighted by molar-refractivity contribution is 5.97. The lowest BCUT2D eigenvalue weighted by atomic mass is 9.70. The summed E-state index contributed by atoms with van der Waals surface area (Å²) in [6.45, 7) is 0. The molecule has 1 unspecified atom stereocenters. The number of fused-ring (bicyclic) bond motifs is 11. The summed E-state index contributed by atoms with van der Waals surface area (Å²) in [5.74, 6) is 0.916. The summed E-state index contributed by atoms with van der Waals surface area (Å²) in [6, 6.07) is 76.1. The van der Waals surface area contributed by atoms with Crippen molar-refractivity contribution in [1.82, 2.24) is 24.5 Å². The first-order valence-electron chi connectivity index (χ1n) is 21.7. The summed E-state index contributed by atoms with van der Waals surface area (Å²) in [5.41, 5.74) is 21.5. The van der Waals surface area contributed by atoms with Gasteiger partial charge >= 0.3 is 0 Å². The van der Waals surface area contributed by atoms with E-state index < -0.39 is 5.41 Å². The standard InChI is InChI=1S/C59H37N5/c1-2-17-43(18-3-1)64-57-26-9-8-25-54(57)63-58(64)41-16-14-15-38(33-41)39-27-29-46-44-19-4-6-21-48(44)59(50(46)34-39)49-22-7-5-20-45(49)47-30-28-40(35-51(47)59)42-36-55(52-23-10-12-31-60-52)62-56(37-42)53-24-11-13-32-61-53/h1-37H. The summed E-state index contributed by atoms with van der Waals surface area (Å²) in [6.07, 6.45) is 3.64. The van der Waals surface area contributed by atoms with E-state index >= 15 is 0 Å². The second kappa shape index (κ2) is 14.3. The van der Waals surface area contributed by atoms with Gasteiger partial charge in [-0.2, -0.15) is 0 Å². The van der Waals surface area contributed by atoms with Crippen LogP contribution in [0.5, 0.6) is 0 Å². The van der Waals surface area contributed by atoms with Gasteiger partial charge in [-0.15, -0.1) is 0 Å². The molecule has 0 amide bonds. The number of imidazole rings is 1. The van der Waals surface area contributed by atoms with E-state index in [0.29, 0.717) is 0 Å². The zero-order valence-corrected chi connectivity index (χ0v) is 34.6. The molecule has 0 bridgehead atoms. The molecular weight excluding hydrogens is 779 g/mol. The molecule has 0 saturated carbocycles. The third-order valence-corrected chi connectivity index (χ3v) is 13.1. The van der Waals surface area contributed by atoms with Gasteiger partial charge in [0.1, 0.15) is 5.82 Å². The van der Waals surface area contributed by atoms with Gasteiger partial charge in [-0.3, -0.25) is 14.5 Å². The minimum absolute atomic E-state index is 0.552. The first kappa shape index (κ1) is 36.1. The van der Waals surface area contributed by atoms with Crippen molar-refractivity contribution in [1.29, 1.82) is 0 Å². The van der Waals surface area contributed by atoms with Crippen molar-refractivity contribution in [2.75, 3.05) is 0 Å². The summed E-state index contributed by atoms with van der Waals surface area (Å²) in [5, 5.41) is 0. The molecule has 298 valence electrons. The fraction of sp³-hybridized carbons (Fsp3) is 0.0169. The van der Waals surface area contributed by atoms with E-state index in [-0.39, 0.29) is 0 Å². The molecule has 11 aromatic rings. The molecule has 1 spiro atoms. The maximum atomic E-state index is 5.22. The smallest absolute Gasteiger partial charge is 0.145 e. The Morgan fingerprint density at radius 3 is 1.50 bits per heavy atom. The Hall–Kier alpha value is -8.54. The van der Waals surface area contributed by atoms with Gasteiger partial charge in [-0.05, 0) is 146 Å². The molecule has 2 aliphatic rings. The highest BCUT2D eigenvalue weighted by atomic mass is 15.1. The van der Waals surface area contributed by atoms with E-state index in [1.54, 1.807) is 0 Å². The van der Waals surface area contributed by atoms with Gasteiger partial charge in [-0.25, -0.2) is 9.97 Å². The van der Waals surface area contributed by atoms with E-state index in [9.17, 15) is 0 Å². The predicted octanol–water partition coefficient (Wildman–Crippen LogP) is 13.9. The van der Waals surface area contributed by atoms with Gasteiger partial charge in [0.15, 0.2) is 0 Å². The molecule has 5 nitrogen and oxygen atoms in total. The lowest BCUT2D eigenvalue weighted by molar-refractivity contribution is 0.794. The molecule has 0 fully saturated rings. The summed E-state index contributed by atoms with van der Waals surface area (Å²) in [4.78, 5) is 19.7. The van der Waals surface area contributed by atoms with Gasteiger partial charge < -0.3 is 0 Å². The van der Waals surface area contributed by atoms with Crippen LogP contribution in [0.25, 0.3) is 95.4 Å². The van der Waals surface area contributed by atoms with Crippen molar-refractivity contribution in [3.8, 4) is 84.4 Å². The Kier molecular flexibility index (Phi) is 8.06. The number of benzene rings is 7. The maximum Gasteiger partial charge on any atom is 0.145 e. The Morgan fingerprint density at radius 2 is 0.859 bits per heavy atom. The SMILES string of the molecule is c1ccc(-n2c(-c3cccc(-c4ccc5c(c4)C4(c6ccccc6-5)c5ccccc5-c5ccc(-c6cc(-c7ccccn7)nc(-c7ccccn7)c6)cc54)c3)nc3ccccc32)cc1. The lowest BCUT2D eigenvalue weighted by Crippen LogP contribution is -2.26. The van der Waals surface area contributed by atoms with Gasteiger partial charge in [0, 0.05) is 23.6 Å². The topological polar surface area (TPSA) is 56.5 Å². The molecular formula is C59H37N5. The van der Waals surface area contributed by atoms with Gasteiger partial charge in [0.25, 0.3) is 0 Å². The molecule has 1 atom stereocenters. The van der Waals surface area contributed by atoms with Crippen molar-refractivity contribution in [3.63, 3.8) is 0 Å².